The minimum absolute atomic E-state index is 0.220. The van der Waals surface area contributed by atoms with Crippen molar-refractivity contribution in [1.82, 2.24) is 14.5 Å². The van der Waals surface area contributed by atoms with Gasteiger partial charge in [-0.05, 0) is 12.1 Å². The van der Waals surface area contributed by atoms with E-state index in [0.29, 0.717) is 22.4 Å². The summed E-state index contributed by atoms with van der Waals surface area (Å²) in [5.74, 6) is 0.741. The van der Waals surface area contributed by atoms with Gasteiger partial charge in [-0.15, -0.1) is 0 Å². The number of nitrogens with two attached hydrogens (primary N) is 1. The molecule has 4 N–H and O–H groups in total. The molecule has 3 aromatic heterocycles. The predicted molar refractivity (Wildman–Crippen MR) is 81.5 cm³/mol. The SMILES string of the molecule is Nc1ncnc2c1c(-c1ccco1)cn2[C@@H]1O[C@H](CO)[C@@H](O)[C@H]1F. The third-order valence-corrected chi connectivity index (χ3v) is 4.17. The third kappa shape index (κ3) is 2.09. The number of hydrogen-bond acceptors (Lipinski definition) is 7. The van der Waals surface area contributed by atoms with Gasteiger partial charge in [-0.2, -0.15) is 0 Å². The highest BCUT2D eigenvalue weighted by molar-refractivity contribution is 5.99. The minimum Gasteiger partial charge on any atom is -0.464 e. The third-order valence-electron chi connectivity index (χ3n) is 4.17. The Morgan fingerprint density at radius 3 is 2.88 bits per heavy atom. The maximum atomic E-state index is 14.5. The van der Waals surface area contributed by atoms with E-state index in [4.69, 9.17) is 14.9 Å². The quantitative estimate of drug-likeness (QED) is 0.650. The van der Waals surface area contributed by atoms with Gasteiger partial charge in [-0.1, -0.05) is 0 Å². The Balaban J connectivity index is 1.90. The van der Waals surface area contributed by atoms with Gasteiger partial charge in [0.2, 0.25) is 0 Å². The topological polar surface area (TPSA) is 120 Å². The van der Waals surface area contributed by atoms with Crippen LogP contribution in [0.3, 0.4) is 0 Å². The molecule has 4 rings (SSSR count). The Morgan fingerprint density at radius 2 is 2.21 bits per heavy atom. The molecular formula is C15H15FN4O4. The molecular weight excluding hydrogens is 319 g/mol. The zero-order valence-electron chi connectivity index (χ0n) is 12.4. The zero-order valence-corrected chi connectivity index (χ0v) is 12.4. The molecule has 1 saturated heterocycles. The highest BCUT2D eigenvalue weighted by atomic mass is 19.1. The maximum absolute atomic E-state index is 14.5. The monoisotopic (exact) mass is 334 g/mol. The van der Waals surface area contributed by atoms with E-state index in [0.717, 1.165) is 0 Å². The highest BCUT2D eigenvalue weighted by Crippen LogP contribution is 2.39. The van der Waals surface area contributed by atoms with Crippen molar-refractivity contribution in [3.63, 3.8) is 0 Å². The second-order valence-electron chi connectivity index (χ2n) is 5.57. The molecule has 9 heteroatoms. The smallest absolute Gasteiger partial charge is 0.173 e. The van der Waals surface area contributed by atoms with Gasteiger partial charge in [0.25, 0.3) is 0 Å². The summed E-state index contributed by atoms with van der Waals surface area (Å²) < 4.78 is 26.8. The number of aliphatic hydroxyl groups is 2. The van der Waals surface area contributed by atoms with Crippen LogP contribution in [0, 0.1) is 0 Å². The molecule has 1 fully saturated rings. The molecule has 1 aliphatic rings. The molecule has 0 saturated carbocycles. The molecule has 0 aromatic carbocycles. The van der Waals surface area contributed by atoms with Crippen LogP contribution in [0.4, 0.5) is 10.2 Å². The molecule has 4 atom stereocenters. The number of furan rings is 1. The first-order valence-corrected chi connectivity index (χ1v) is 7.35. The van der Waals surface area contributed by atoms with E-state index < -0.39 is 31.2 Å². The van der Waals surface area contributed by atoms with Crippen molar-refractivity contribution in [2.45, 2.75) is 24.6 Å². The van der Waals surface area contributed by atoms with E-state index in [1.165, 1.54) is 17.2 Å². The summed E-state index contributed by atoms with van der Waals surface area (Å²) >= 11 is 0. The lowest BCUT2D eigenvalue weighted by Gasteiger charge is -2.15. The van der Waals surface area contributed by atoms with Crippen molar-refractivity contribution in [3.05, 3.63) is 30.9 Å². The molecule has 24 heavy (non-hydrogen) atoms. The van der Waals surface area contributed by atoms with Gasteiger partial charge in [0.1, 0.15) is 35.8 Å². The van der Waals surface area contributed by atoms with Crippen LogP contribution in [0.2, 0.25) is 0 Å². The number of hydrogen-bond donors (Lipinski definition) is 3. The van der Waals surface area contributed by atoms with Gasteiger partial charge in [-0.3, -0.25) is 0 Å². The number of fused-ring (bicyclic) bond motifs is 1. The number of rotatable bonds is 3. The fraction of sp³-hybridized carbons (Fsp3) is 0.333. The van der Waals surface area contributed by atoms with Crippen LogP contribution < -0.4 is 5.73 Å². The summed E-state index contributed by atoms with van der Waals surface area (Å²) in [6.45, 7) is -0.487. The Morgan fingerprint density at radius 1 is 1.38 bits per heavy atom. The van der Waals surface area contributed by atoms with Gasteiger partial charge >= 0.3 is 0 Å². The number of aromatic nitrogens is 3. The molecule has 0 spiro atoms. The normalized spacial score (nSPS) is 27.1. The Kier molecular flexibility index (Phi) is 3.48. The lowest BCUT2D eigenvalue weighted by molar-refractivity contribution is -0.0457. The summed E-state index contributed by atoms with van der Waals surface area (Å²) in [4.78, 5) is 8.14. The molecule has 0 aliphatic carbocycles. The first kappa shape index (κ1) is 15.1. The fourth-order valence-electron chi connectivity index (χ4n) is 3.00. The molecule has 4 heterocycles. The van der Waals surface area contributed by atoms with E-state index in [9.17, 15) is 14.6 Å². The van der Waals surface area contributed by atoms with E-state index in [-0.39, 0.29) is 5.82 Å². The largest absolute Gasteiger partial charge is 0.464 e. The first-order valence-electron chi connectivity index (χ1n) is 7.35. The lowest BCUT2D eigenvalue weighted by Crippen LogP contribution is -2.30. The highest BCUT2D eigenvalue weighted by Gasteiger charge is 2.45. The number of halogens is 1. The number of aliphatic hydroxyl groups excluding tert-OH is 2. The van der Waals surface area contributed by atoms with E-state index in [1.54, 1.807) is 18.3 Å². The molecule has 3 aromatic rings. The van der Waals surface area contributed by atoms with Crippen molar-refractivity contribution in [2.75, 3.05) is 12.3 Å². The number of anilines is 1. The van der Waals surface area contributed by atoms with Gasteiger partial charge in [0.15, 0.2) is 12.4 Å². The van der Waals surface area contributed by atoms with Crippen molar-refractivity contribution in [1.29, 1.82) is 0 Å². The summed E-state index contributed by atoms with van der Waals surface area (Å²) in [7, 11) is 0. The molecule has 126 valence electrons. The van der Waals surface area contributed by atoms with Gasteiger partial charge in [0.05, 0.1) is 18.3 Å². The van der Waals surface area contributed by atoms with Gasteiger partial charge in [0, 0.05) is 11.8 Å². The average Bonchev–Trinajstić information content (AvgIpc) is 3.28. The summed E-state index contributed by atoms with van der Waals surface area (Å²) in [5.41, 5.74) is 6.90. The van der Waals surface area contributed by atoms with Crippen LogP contribution in [-0.4, -0.2) is 49.7 Å². The second kappa shape index (κ2) is 5.55. The standard InChI is InChI=1S/C15H15FN4O4/c16-11-12(22)9(5-21)24-15(11)20-4-7(8-2-1-3-23-8)10-13(17)18-6-19-14(10)20/h1-4,6,9,11-12,15,21-22H,5H2,(H2,17,18,19)/t9-,11-,12-,15-/m1/s1. The second-order valence-corrected chi connectivity index (χ2v) is 5.57. The first-order chi connectivity index (χ1) is 11.6. The predicted octanol–water partition coefficient (Wildman–Crippen LogP) is 0.862. The Bertz CT molecular complexity index is 866. The minimum atomic E-state index is -1.72. The van der Waals surface area contributed by atoms with Crippen molar-refractivity contribution < 1.29 is 23.8 Å². The van der Waals surface area contributed by atoms with E-state index in [2.05, 4.69) is 9.97 Å². The van der Waals surface area contributed by atoms with Crippen LogP contribution in [0.5, 0.6) is 0 Å². The van der Waals surface area contributed by atoms with Crippen LogP contribution in [0.1, 0.15) is 6.23 Å². The van der Waals surface area contributed by atoms with Crippen LogP contribution in [0.15, 0.2) is 35.3 Å². The average molecular weight is 334 g/mol. The fourth-order valence-corrected chi connectivity index (χ4v) is 3.00. The number of nitrogens with zero attached hydrogens (tertiary/aromatic N) is 3. The van der Waals surface area contributed by atoms with Crippen molar-refractivity contribution in [3.8, 4) is 11.3 Å². The van der Waals surface area contributed by atoms with E-state index in [1.807, 2.05) is 0 Å². The molecule has 0 amide bonds. The lowest BCUT2D eigenvalue weighted by atomic mass is 10.1. The molecule has 0 radical (unpaired) electrons. The van der Waals surface area contributed by atoms with Crippen molar-refractivity contribution in [2.24, 2.45) is 0 Å². The Labute approximate surface area is 135 Å². The zero-order chi connectivity index (χ0) is 16.8. The summed E-state index contributed by atoms with van der Waals surface area (Å²) in [5, 5.41) is 19.6. The maximum Gasteiger partial charge on any atom is 0.173 e. The van der Waals surface area contributed by atoms with Crippen LogP contribution in [-0.2, 0) is 4.74 Å². The molecule has 1 aliphatic heterocycles. The molecule has 8 nitrogen and oxygen atoms in total. The number of ether oxygens (including phenoxy) is 1. The van der Waals surface area contributed by atoms with Crippen molar-refractivity contribution >= 4 is 16.9 Å². The molecule has 0 unspecified atom stereocenters. The number of nitrogen functional groups attached to an aromatic ring is 1. The van der Waals surface area contributed by atoms with Crippen LogP contribution >= 0.6 is 0 Å². The van der Waals surface area contributed by atoms with E-state index >= 15 is 0 Å². The van der Waals surface area contributed by atoms with Crippen LogP contribution in [0.25, 0.3) is 22.4 Å². The van der Waals surface area contributed by atoms with Gasteiger partial charge in [-0.25, -0.2) is 14.4 Å². The summed E-state index contributed by atoms with van der Waals surface area (Å²) in [6.07, 6.45) is -0.928. The number of alkyl halides is 1. The summed E-state index contributed by atoms with van der Waals surface area (Å²) in [6, 6.07) is 3.45. The van der Waals surface area contributed by atoms with Gasteiger partial charge < -0.3 is 29.7 Å². The Hall–Kier alpha value is -2.49. The molecule has 0 bridgehead atoms.